The average Bonchev–Trinajstić information content (AvgIpc) is 2.54. The Kier molecular flexibility index (Phi) is 5.91. The summed E-state index contributed by atoms with van der Waals surface area (Å²) in [7, 11) is 0. The standard InChI is InChI=1S/C17H18F2N2O2/c1-2-12-3-5-14(6-4-12)21-16(22)11-20-13-7-9-15(10-8-13)23-17(18)19/h3-10,17,20H,2,11H2,1H3,(H,21,22). The number of alkyl halides is 2. The van der Waals surface area contributed by atoms with Crippen molar-refractivity contribution in [3.63, 3.8) is 0 Å². The number of rotatable bonds is 7. The molecule has 0 aliphatic heterocycles. The van der Waals surface area contributed by atoms with Gasteiger partial charge < -0.3 is 15.4 Å². The number of benzene rings is 2. The zero-order chi connectivity index (χ0) is 16.7. The topological polar surface area (TPSA) is 50.4 Å². The minimum absolute atomic E-state index is 0.0740. The molecular formula is C17H18F2N2O2. The minimum Gasteiger partial charge on any atom is -0.435 e. The quantitative estimate of drug-likeness (QED) is 0.813. The van der Waals surface area contributed by atoms with E-state index in [1.165, 1.54) is 17.7 Å². The van der Waals surface area contributed by atoms with Crippen LogP contribution in [0.25, 0.3) is 0 Å². The Morgan fingerprint density at radius 1 is 1.04 bits per heavy atom. The van der Waals surface area contributed by atoms with Crippen LogP contribution in [0.5, 0.6) is 5.75 Å². The van der Waals surface area contributed by atoms with Crippen LogP contribution in [0.3, 0.4) is 0 Å². The molecular weight excluding hydrogens is 302 g/mol. The van der Waals surface area contributed by atoms with Crippen LogP contribution in [0.4, 0.5) is 20.2 Å². The molecule has 2 rings (SSSR count). The van der Waals surface area contributed by atoms with Crippen molar-refractivity contribution in [3.05, 3.63) is 54.1 Å². The molecule has 23 heavy (non-hydrogen) atoms. The van der Waals surface area contributed by atoms with Crippen LogP contribution in [0.2, 0.25) is 0 Å². The molecule has 0 atom stereocenters. The zero-order valence-electron chi connectivity index (χ0n) is 12.7. The first kappa shape index (κ1) is 16.7. The van der Waals surface area contributed by atoms with Crippen LogP contribution >= 0.6 is 0 Å². The van der Waals surface area contributed by atoms with Crippen molar-refractivity contribution in [3.8, 4) is 5.75 Å². The Bertz CT molecular complexity index is 628. The molecule has 2 aromatic rings. The Morgan fingerprint density at radius 2 is 1.65 bits per heavy atom. The lowest BCUT2D eigenvalue weighted by Gasteiger charge is -2.09. The first-order valence-corrected chi connectivity index (χ1v) is 7.24. The van der Waals surface area contributed by atoms with E-state index in [9.17, 15) is 13.6 Å². The summed E-state index contributed by atoms with van der Waals surface area (Å²) < 4.78 is 28.3. The lowest BCUT2D eigenvalue weighted by molar-refractivity contribution is -0.114. The second kappa shape index (κ2) is 8.12. The first-order valence-electron chi connectivity index (χ1n) is 7.24. The van der Waals surface area contributed by atoms with Crippen molar-refractivity contribution < 1.29 is 18.3 Å². The van der Waals surface area contributed by atoms with Gasteiger partial charge >= 0.3 is 6.61 Å². The van der Waals surface area contributed by atoms with Gasteiger partial charge in [-0.3, -0.25) is 4.79 Å². The second-order valence-corrected chi connectivity index (χ2v) is 4.86. The van der Waals surface area contributed by atoms with Gasteiger partial charge in [0, 0.05) is 11.4 Å². The molecule has 0 saturated carbocycles. The van der Waals surface area contributed by atoms with Gasteiger partial charge in [0.2, 0.25) is 5.91 Å². The fourth-order valence-corrected chi connectivity index (χ4v) is 1.97. The maximum Gasteiger partial charge on any atom is 0.387 e. The van der Waals surface area contributed by atoms with Crippen LogP contribution in [0, 0.1) is 0 Å². The number of hydrogen-bond acceptors (Lipinski definition) is 3. The number of ether oxygens (including phenoxy) is 1. The third-order valence-corrected chi connectivity index (χ3v) is 3.18. The summed E-state index contributed by atoms with van der Waals surface area (Å²) in [5.74, 6) is -0.117. The first-order chi connectivity index (χ1) is 11.1. The zero-order valence-corrected chi connectivity index (χ0v) is 12.7. The highest BCUT2D eigenvalue weighted by molar-refractivity contribution is 5.93. The van der Waals surface area contributed by atoms with Crippen LogP contribution < -0.4 is 15.4 Å². The predicted octanol–water partition coefficient (Wildman–Crippen LogP) is 3.90. The summed E-state index contributed by atoms with van der Waals surface area (Å²) in [5.41, 5.74) is 2.57. The molecule has 0 bridgehead atoms. The average molecular weight is 320 g/mol. The van der Waals surface area contributed by atoms with Crippen LogP contribution in [0.15, 0.2) is 48.5 Å². The minimum atomic E-state index is -2.85. The highest BCUT2D eigenvalue weighted by atomic mass is 19.3. The lowest BCUT2D eigenvalue weighted by Crippen LogP contribution is -2.21. The highest BCUT2D eigenvalue weighted by Gasteiger charge is 2.05. The predicted molar refractivity (Wildman–Crippen MR) is 86.0 cm³/mol. The molecule has 0 unspecified atom stereocenters. The number of carbonyl (C=O) groups is 1. The fourth-order valence-electron chi connectivity index (χ4n) is 1.97. The smallest absolute Gasteiger partial charge is 0.387 e. The van der Waals surface area contributed by atoms with E-state index in [-0.39, 0.29) is 18.2 Å². The molecule has 122 valence electrons. The Hall–Kier alpha value is -2.63. The van der Waals surface area contributed by atoms with E-state index in [0.717, 1.165) is 12.1 Å². The molecule has 4 nitrogen and oxygen atoms in total. The molecule has 2 aromatic carbocycles. The van der Waals surface area contributed by atoms with Crippen LogP contribution in [-0.4, -0.2) is 19.1 Å². The monoisotopic (exact) mass is 320 g/mol. The molecule has 0 saturated heterocycles. The largest absolute Gasteiger partial charge is 0.435 e. The van der Waals surface area contributed by atoms with Crippen molar-refractivity contribution in [2.75, 3.05) is 17.2 Å². The molecule has 0 fully saturated rings. The van der Waals surface area contributed by atoms with Gasteiger partial charge in [-0.25, -0.2) is 0 Å². The van der Waals surface area contributed by atoms with Crippen LogP contribution in [-0.2, 0) is 11.2 Å². The highest BCUT2D eigenvalue weighted by Crippen LogP contribution is 2.17. The summed E-state index contributed by atoms with van der Waals surface area (Å²) in [6, 6.07) is 13.6. The summed E-state index contributed by atoms with van der Waals surface area (Å²) >= 11 is 0. The second-order valence-electron chi connectivity index (χ2n) is 4.86. The van der Waals surface area contributed by atoms with E-state index in [2.05, 4.69) is 22.3 Å². The summed E-state index contributed by atoms with van der Waals surface area (Å²) in [4.78, 5) is 11.9. The molecule has 1 amide bonds. The van der Waals surface area contributed by atoms with Crippen molar-refractivity contribution in [2.45, 2.75) is 20.0 Å². The number of halogens is 2. The van der Waals surface area contributed by atoms with E-state index in [4.69, 9.17) is 0 Å². The fraction of sp³-hybridized carbons (Fsp3) is 0.235. The van der Waals surface area contributed by atoms with E-state index in [1.807, 2.05) is 24.3 Å². The maximum absolute atomic E-state index is 12.0. The molecule has 0 aliphatic rings. The number of anilines is 2. The van der Waals surface area contributed by atoms with Gasteiger partial charge in [0.15, 0.2) is 0 Å². The number of amides is 1. The molecule has 0 spiro atoms. The molecule has 0 aliphatic carbocycles. The number of aryl methyl sites for hydroxylation is 1. The normalized spacial score (nSPS) is 10.4. The molecule has 0 radical (unpaired) electrons. The summed E-state index contributed by atoms with van der Waals surface area (Å²) in [5, 5.41) is 5.69. The number of nitrogens with one attached hydrogen (secondary N) is 2. The lowest BCUT2D eigenvalue weighted by atomic mass is 10.1. The van der Waals surface area contributed by atoms with E-state index in [1.54, 1.807) is 12.1 Å². The van der Waals surface area contributed by atoms with Gasteiger partial charge in [-0.15, -0.1) is 0 Å². The summed E-state index contributed by atoms with van der Waals surface area (Å²) in [6.07, 6.45) is 0.945. The van der Waals surface area contributed by atoms with Gasteiger partial charge in [-0.2, -0.15) is 8.78 Å². The van der Waals surface area contributed by atoms with Crippen LogP contribution in [0.1, 0.15) is 12.5 Å². The maximum atomic E-state index is 12.0. The van der Waals surface area contributed by atoms with Gasteiger partial charge in [0.05, 0.1) is 6.54 Å². The molecule has 6 heteroatoms. The molecule has 0 heterocycles. The Morgan fingerprint density at radius 3 is 2.22 bits per heavy atom. The molecule has 0 aromatic heterocycles. The van der Waals surface area contributed by atoms with Gasteiger partial charge in [0.1, 0.15) is 5.75 Å². The van der Waals surface area contributed by atoms with Gasteiger partial charge in [0.25, 0.3) is 0 Å². The van der Waals surface area contributed by atoms with Gasteiger partial charge in [-0.1, -0.05) is 19.1 Å². The van der Waals surface area contributed by atoms with Crippen molar-refractivity contribution in [1.82, 2.24) is 0 Å². The van der Waals surface area contributed by atoms with E-state index >= 15 is 0 Å². The SMILES string of the molecule is CCc1ccc(NC(=O)CNc2ccc(OC(F)F)cc2)cc1. The van der Waals surface area contributed by atoms with Gasteiger partial charge in [-0.05, 0) is 48.4 Å². The van der Waals surface area contributed by atoms with E-state index in [0.29, 0.717) is 5.69 Å². The Balaban J connectivity index is 1.81. The third kappa shape index (κ3) is 5.58. The summed E-state index contributed by atoms with van der Waals surface area (Å²) in [6.45, 7) is -0.710. The number of hydrogen-bond donors (Lipinski definition) is 2. The van der Waals surface area contributed by atoms with Crippen molar-refractivity contribution in [1.29, 1.82) is 0 Å². The number of carbonyl (C=O) groups excluding carboxylic acids is 1. The molecule has 2 N–H and O–H groups in total. The van der Waals surface area contributed by atoms with E-state index < -0.39 is 6.61 Å². The van der Waals surface area contributed by atoms with Crippen molar-refractivity contribution >= 4 is 17.3 Å². The Labute approximate surface area is 133 Å². The van der Waals surface area contributed by atoms with Crippen molar-refractivity contribution in [2.24, 2.45) is 0 Å². The third-order valence-electron chi connectivity index (χ3n) is 3.18.